The van der Waals surface area contributed by atoms with E-state index in [9.17, 15) is 21.6 Å². The predicted octanol–water partition coefficient (Wildman–Crippen LogP) is 2.63. The maximum atomic E-state index is 13.3. The zero-order chi connectivity index (χ0) is 24.4. The standard InChI is InChI=1S/C22H27N3O5S3/c1-5-33(29,30)17-11-9-16(10-12-17)15-20(26)25(14-13-24(2)3)22-23-21-18(31-22)7-6-8-19(21)32(4,27)28/h6-12H,5,13-15H2,1-4H3. The van der Waals surface area contributed by atoms with E-state index in [4.69, 9.17) is 0 Å². The number of benzene rings is 2. The van der Waals surface area contributed by atoms with Gasteiger partial charge in [0.1, 0.15) is 5.52 Å². The predicted molar refractivity (Wildman–Crippen MR) is 132 cm³/mol. The minimum absolute atomic E-state index is 0.0106. The third-order valence-electron chi connectivity index (χ3n) is 5.09. The zero-order valence-electron chi connectivity index (χ0n) is 19.0. The monoisotopic (exact) mass is 509 g/mol. The zero-order valence-corrected chi connectivity index (χ0v) is 21.4. The van der Waals surface area contributed by atoms with Crippen LogP contribution in [0.4, 0.5) is 5.13 Å². The second-order valence-corrected chi connectivity index (χ2v) is 13.2. The molecule has 1 aromatic heterocycles. The lowest BCUT2D eigenvalue weighted by molar-refractivity contribution is -0.118. The molecule has 11 heteroatoms. The van der Waals surface area contributed by atoms with Gasteiger partial charge in [0.2, 0.25) is 5.91 Å². The normalized spacial score (nSPS) is 12.4. The number of carbonyl (C=O) groups excluding carboxylic acids is 1. The number of anilines is 1. The van der Waals surface area contributed by atoms with E-state index >= 15 is 0 Å². The number of carbonyl (C=O) groups is 1. The minimum Gasteiger partial charge on any atom is -0.308 e. The molecule has 3 aromatic rings. The minimum atomic E-state index is -3.47. The van der Waals surface area contributed by atoms with E-state index in [1.165, 1.54) is 29.5 Å². The molecule has 178 valence electrons. The van der Waals surface area contributed by atoms with Gasteiger partial charge in [0.05, 0.1) is 26.7 Å². The van der Waals surface area contributed by atoms with Crippen LogP contribution in [-0.4, -0.2) is 71.8 Å². The molecule has 0 saturated heterocycles. The quantitative estimate of drug-likeness (QED) is 0.437. The van der Waals surface area contributed by atoms with Gasteiger partial charge in [-0.2, -0.15) is 0 Å². The Morgan fingerprint density at radius 1 is 1.00 bits per heavy atom. The summed E-state index contributed by atoms with van der Waals surface area (Å²) in [6, 6.07) is 11.3. The summed E-state index contributed by atoms with van der Waals surface area (Å²) in [6.07, 6.45) is 1.20. The van der Waals surface area contributed by atoms with Gasteiger partial charge in [-0.3, -0.25) is 9.69 Å². The summed E-state index contributed by atoms with van der Waals surface area (Å²) in [6.45, 7) is 2.55. The fraction of sp³-hybridized carbons (Fsp3) is 0.364. The van der Waals surface area contributed by atoms with Crippen LogP contribution in [0.2, 0.25) is 0 Å². The molecule has 2 aromatic carbocycles. The first-order valence-electron chi connectivity index (χ1n) is 10.3. The lowest BCUT2D eigenvalue weighted by atomic mass is 10.1. The molecule has 0 aliphatic carbocycles. The molecule has 1 heterocycles. The van der Waals surface area contributed by atoms with Crippen LogP contribution in [0.1, 0.15) is 12.5 Å². The molecule has 3 rings (SSSR count). The number of hydrogen-bond acceptors (Lipinski definition) is 8. The van der Waals surface area contributed by atoms with E-state index in [1.807, 2.05) is 19.0 Å². The highest BCUT2D eigenvalue weighted by Gasteiger charge is 2.23. The Labute approximate surface area is 198 Å². The Morgan fingerprint density at radius 3 is 2.24 bits per heavy atom. The van der Waals surface area contributed by atoms with Crippen molar-refractivity contribution in [1.82, 2.24) is 9.88 Å². The van der Waals surface area contributed by atoms with Crippen molar-refractivity contribution in [2.24, 2.45) is 0 Å². The van der Waals surface area contributed by atoms with Crippen LogP contribution in [0.3, 0.4) is 0 Å². The van der Waals surface area contributed by atoms with Crippen LogP contribution in [-0.2, 0) is 30.9 Å². The molecule has 33 heavy (non-hydrogen) atoms. The van der Waals surface area contributed by atoms with Gasteiger partial charge >= 0.3 is 0 Å². The largest absolute Gasteiger partial charge is 0.308 e. The van der Waals surface area contributed by atoms with Gasteiger partial charge < -0.3 is 4.90 Å². The highest BCUT2D eigenvalue weighted by molar-refractivity contribution is 7.91. The molecule has 0 aliphatic heterocycles. The first-order valence-corrected chi connectivity index (χ1v) is 14.6. The summed E-state index contributed by atoms with van der Waals surface area (Å²) in [7, 11) is -2.98. The number of likely N-dealkylation sites (N-methyl/N-ethyl adjacent to an activating group) is 1. The number of fused-ring (bicyclic) bond motifs is 1. The molecule has 0 saturated carbocycles. The summed E-state index contributed by atoms with van der Waals surface area (Å²) in [5.74, 6) is -0.195. The summed E-state index contributed by atoms with van der Waals surface area (Å²) in [4.78, 5) is 21.7. The number of nitrogens with zero attached hydrogens (tertiary/aromatic N) is 3. The third kappa shape index (κ3) is 5.97. The number of para-hydroxylation sites is 1. The number of aromatic nitrogens is 1. The van der Waals surface area contributed by atoms with Crippen LogP contribution >= 0.6 is 11.3 Å². The first kappa shape index (κ1) is 25.3. The second-order valence-electron chi connectivity index (χ2n) is 7.94. The molecule has 8 nitrogen and oxygen atoms in total. The maximum absolute atomic E-state index is 13.3. The summed E-state index contributed by atoms with van der Waals surface area (Å²) in [5, 5.41) is 0.429. The van der Waals surface area contributed by atoms with Crippen molar-refractivity contribution >= 4 is 52.3 Å². The van der Waals surface area contributed by atoms with Crippen molar-refractivity contribution < 1.29 is 21.6 Å². The Kier molecular flexibility index (Phi) is 7.57. The first-order chi connectivity index (χ1) is 15.4. The molecule has 0 fully saturated rings. The molecule has 0 spiro atoms. The maximum Gasteiger partial charge on any atom is 0.233 e. The average molecular weight is 510 g/mol. The molecular weight excluding hydrogens is 482 g/mol. The smallest absolute Gasteiger partial charge is 0.233 e. The lowest BCUT2D eigenvalue weighted by Gasteiger charge is -2.22. The Bertz CT molecular complexity index is 1360. The van der Waals surface area contributed by atoms with E-state index in [2.05, 4.69) is 4.98 Å². The van der Waals surface area contributed by atoms with Crippen molar-refractivity contribution in [1.29, 1.82) is 0 Å². The summed E-state index contributed by atoms with van der Waals surface area (Å²) in [5.41, 5.74) is 1.04. The van der Waals surface area contributed by atoms with Gasteiger partial charge in [0, 0.05) is 19.3 Å². The fourth-order valence-electron chi connectivity index (χ4n) is 3.20. The highest BCUT2D eigenvalue weighted by Crippen LogP contribution is 2.33. The van der Waals surface area contributed by atoms with Gasteiger partial charge in [-0.1, -0.05) is 36.5 Å². The fourth-order valence-corrected chi connectivity index (χ4v) is 6.02. The van der Waals surface area contributed by atoms with Gasteiger partial charge in [-0.25, -0.2) is 21.8 Å². The molecule has 0 radical (unpaired) electrons. The van der Waals surface area contributed by atoms with Gasteiger partial charge in [0.15, 0.2) is 24.8 Å². The van der Waals surface area contributed by atoms with Gasteiger partial charge in [-0.15, -0.1) is 0 Å². The lowest BCUT2D eigenvalue weighted by Crippen LogP contribution is -2.37. The molecule has 0 unspecified atom stereocenters. The Balaban J connectivity index is 1.94. The summed E-state index contributed by atoms with van der Waals surface area (Å²) < 4.78 is 49.1. The van der Waals surface area contributed by atoms with Crippen LogP contribution < -0.4 is 4.90 Å². The SMILES string of the molecule is CCS(=O)(=O)c1ccc(CC(=O)N(CCN(C)C)c2nc3c(S(C)(=O)=O)cccc3s2)cc1. The van der Waals surface area contributed by atoms with Crippen LogP contribution in [0, 0.1) is 0 Å². The molecule has 0 N–H and O–H groups in total. The van der Waals surface area contributed by atoms with Crippen molar-refractivity contribution in [3.05, 3.63) is 48.0 Å². The van der Waals surface area contributed by atoms with E-state index in [1.54, 1.807) is 36.1 Å². The Hall–Kier alpha value is -2.34. The number of rotatable bonds is 9. The second kappa shape index (κ2) is 9.88. The van der Waals surface area contributed by atoms with Crippen LogP contribution in [0.5, 0.6) is 0 Å². The number of thiazole rings is 1. The van der Waals surface area contributed by atoms with Crippen molar-refractivity contribution in [3.8, 4) is 0 Å². The van der Waals surface area contributed by atoms with E-state index in [-0.39, 0.29) is 27.9 Å². The van der Waals surface area contributed by atoms with E-state index in [0.717, 1.165) is 6.26 Å². The molecule has 0 bridgehead atoms. The molecule has 0 atom stereocenters. The van der Waals surface area contributed by atoms with Crippen LogP contribution in [0.25, 0.3) is 10.2 Å². The van der Waals surface area contributed by atoms with Crippen LogP contribution in [0.15, 0.2) is 52.3 Å². The van der Waals surface area contributed by atoms with Gasteiger partial charge in [0.25, 0.3) is 0 Å². The topological polar surface area (TPSA) is 105 Å². The van der Waals surface area contributed by atoms with Crippen molar-refractivity contribution in [2.45, 2.75) is 23.1 Å². The van der Waals surface area contributed by atoms with E-state index < -0.39 is 19.7 Å². The number of sulfone groups is 2. The molecule has 1 amide bonds. The average Bonchev–Trinajstić information content (AvgIpc) is 3.17. The highest BCUT2D eigenvalue weighted by atomic mass is 32.2. The van der Waals surface area contributed by atoms with Gasteiger partial charge in [-0.05, 0) is 43.9 Å². The molecule has 0 aliphatic rings. The summed E-state index contributed by atoms with van der Waals surface area (Å²) >= 11 is 1.27. The third-order valence-corrected chi connectivity index (χ3v) is 9.01. The van der Waals surface area contributed by atoms with E-state index in [0.29, 0.717) is 34.0 Å². The number of hydrogen-bond donors (Lipinski definition) is 0. The number of amides is 1. The van der Waals surface area contributed by atoms with Crippen molar-refractivity contribution in [3.63, 3.8) is 0 Å². The Morgan fingerprint density at radius 2 is 1.67 bits per heavy atom. The molecular formula is C22H27N3O5S3. The van der Waals surface area contributed by atoms with Crippen molar-refractivity contribution in [2.75, 3.05) is 44.1 Å².